The summed E-state index contributed by atoms with van der Waals surface area (Å²) in [6.45, 7) is 1.77. The molecular formula is C21H19ClN4O2S2. The van der Waals surface area contributed by atoms with Gasteiger partial charge < -0.3 is 9.73 Å². The first kappa shape index (κ1) is 20.9. The second kappa shape index (κ2) is 9.21. The molecule has 9 heteroatoms. The molecule has 1 amide bonds. The third-order valence-electron chi connectivity index (χ3n) is 4.89. The molecule has 4 rings (SSSR count). The van der Waals surface area contributed by atoms with Gasteiger partial charge in [0.05, 0.1) is 10.8 Å². The number of hydrogen-bond donors (Lipinski definition) is 1. The summed E-state index contributed by atoms with van der Waals surface area (Å²) in [6, 6.07) is 9.43. The molecule has 0 saturated carbocycles. The van der Waals surface area contributed by atoms with Crippen LogP contribution in [0.3, 0.4) is 0 Å². The Morgan fingerprint density at radius 3 is 2.97 bits per heavy atom. The molecular weight excluding hydrogens is 440 g/mol. The number of nitriles is 1. The summed E-state index contributed by atoms with van der Waals surface area (Å²) < 4.78 is 5.67. The zero-order chi connectivity index (χ0) is 21.1. The molecule has 1 atom stereocenters. The third-order valence-corrected chi connectivity index (χ3v) is 7.27. The molecule has 30 heavy (non-hydrogen) atoms. The number of anilines is 1. The van der Waals surface area contributed by atoms with Gasteiger partial charge in [0.2, 0.25) is 11.8 Å². The summed E-state index contributed by atoms with van der Waals surface area (Å²) in [5, 5.41) is 21.7. The Kier molecular flexibility index (Phi) is 6.42. The van der Waals surface area contributed by atoms with Crippen molar-refractivity contribution in [2.24, 2.45) is 0 Å². The molecule has 1 aromatic carbocycles. The standard InChI is InChI=1S/C21H19ClN4O2S2/c1-12(29-21-26-25-19(28-21)13-6-5-7-14(22)10-13)18(27)24-20-16(11-23)15-8-3-2-4-9-17(15)30-20/h5-7,10,12H,2-4,8-9H2,1H3,(H,24,27)/t12-/m1/s1. The van der Waals surface area contributed by atoms with Crippen molar-refractivity contribution in [3.05, 3.63) is 45.3 Å². The van der Waals surface area contributed by atoms with E-state index in [1.807, 2.05) is 6.07 Å². The van der Waals surface area contributed by atoms with E-state index >= 15 is 0 Å². The van der Waals surface area contributed by atoms with Crippen molar-refractivity contribution in [2.45, 2.75) is 49.5 Å². The van der Waals surface area contributed by atoms with Gasteiger partial charge in [-0.3, -0.25) is 4.79 Å². The second-order valence-electron chi connectivity index (χ2n) is 7.01. The van der Waals surface area contributed by atoms with Crippen LogP contribution in [0.5, 0.6) is 0 Å². The molecule has 3 aromatic rings. The molecule has 0 saturated heterocycles. The number of nitrogens with zero attached hydrogens (tertiary/aromatic N) is 3. The number of carbonyl (C=O) groups is 1. The molecule has 0 radical (unpaired) electrons. The zero-order valence-corrected chi connectivity index (χ0v) is 18.7. The maximum Gasteiger partial charge on any atom is 0.277 e. The molecule has 0 spiro atoms. The van der Waals surface area contributed by atoms with Crippen LogP contribution in [0.4, 0.5) is 5.00 Å². The fourth-order valence-corrected chi connectivity index (χ4v) is 5.48. The van der Waals surface area contributed by atoms with E-state index in [1.54, 1.807) is 25.1 Å². The number of aryl methyl sites for hydroxylation is 1. The van der Waals surface area contributed by atoms with Gasteiger partial charge in [-0.25, -0.2) is 0 Å². The molecule has 0 aliphatic heterocycles. The first-order chi connectivity index (χ1) is 14.5. The van der Waals surface area contributed by atoms with Crippen molar-refractivity contribution >= 4 is 45.6 Å². The van der Waals surface area contributed by atoms with Crippen molar-refractivity contribution in [2.75, 3.05) is 5.32 Å². The van der Waals surface area contributed by atoms with Crippen molar-refractivity contribution in [1.29, 1.82) is 5.26 Å². The van der Waals surface area contributed by atoms with Gasteiger partial charge >= 0.3 is 0 Å². The van der Waals surface area contributed by atoms with Crippen LogP contribution in [0.2, 0.25) is 5.02 Å². The number of carbonyl (C=O) groups excluding carboxylic acids is 1. The number of hydrogen-bond acceptors (Lipinski definition) is 7. The van der Waals surface area contributed by atoms with Crippen molar-refractivity contribution in [3.63, 3.8) is 0 Å². The van der Waals surface area contributed by atoms with Crippen LogP contribution in [0, 0.1) is 11.3 Å². The van der Waals surface area contributed by atoms with E-state index in [4.69, 9.17) is 16.0 Å². The van der Waals surface area contributed by atoms with E-state index in [2.05, 4.69) is 21.6 Å². The summed E-state index contributed by atoms with van der Waals surface area (Å²) >= 11 is 8.71. The highest BCUT2D eigenvalue weighted by Gasteiger charge is 2.24. The average molecular weight is 459 g/mol. The maximum atomic E-state index is 12.7. The summed E-state index contributed by atoms with van der Waals surface area (Å²) in [6.07, 6.45) is 5.28. The van der Waals surface area contributed by atoms with Gasteiger partial charge in [0.25, 0.3) is 5.22 Å². The van der Waals surface area contributed by atoms with Gasteiger partial charge in [-0.2, -0.15) is 5.26 Å². The number of thiophene rings is 1. The Labute approximate surface area is 187 Å². The van der Waals surface area contributed by atoms with Crippen LogP contribution in [0.25, 0.3) is 11.5 Å². The third kappa shape index (κ3) is 4.53. The number of halogens is 1. The van der Waals surface area contributed by atoms with Gasteiger partial charge in [0.15, 0.2) is 0 Å². The first-order valence-corrected chi connectivity index (χ1v) is 11.7. The summed E-state index contributed by atoms with van der Waals surface area (Å²) in [5.41, 5.74) is 2.44. The zero-order valence-electron chi connectivity index (χ0n) is 16.3. The van der Waals surface area contributed by atoms with Crippen LogP contribution in [-0.4, -0.2) is 21.4 Å². The summed E-state index contributed by atoms with van der Waals surface area (Å²) in [7, 11) is 0. The molecule has 0 fully saturated rings. The quantitative estimate of drug-likeness (QED) is 0.388. The Hall–Kier alpha value is -2.34. The minimum absolute atomic E-state index is 0.199. The number of rotatable bonds is 5. The lowest BCUT2D eigenvalue weighted by Crippen LogP contribution is -2.22. The number of amides is 1. The van der Waals surface area contributed by atoms with Gasteiger partial charge in [-0.05, 0) is 56.4 Å². The lowest BCUT2D eigenvalue weighted by Gasteiger charge is -2.09. The number of fused-ring (bicyclic) bond motifs is 1. The molecule has 2 heterocycles. The van der Waals surface area contributed by atoms with E-state index in [-0.39, 0.29) is 5.91 Å². The number of aromatic nitrogens is 2. The highest BCUT2D eigenvalue weighted by molar-refractivity contribution is 8.00. The molecule has 0 bridgehead atoms. The Bertz CT molecular complexity index is 1120. The first-order valence-electron chi connectivity index (χ1n) is 9.66. The van der Waals surface area contributed by atoms with Crippen LogP contribution in [-0.2, 0) is 17.6 Å². The summed E-state index contributed by atoms with van der Waals surface area (Å²) in [5.74, 6) is 0.150. The minimum Gasteiger partial charge on any atom is -0.411 e. The fraction of sp³-hybridized carbons (Fsp3) is 0.333. The Morgan fingerprint density at radius 1 is 1.33 bits per heavy atom. The highest BCUT2D eigenvalue weighted by Crippen LogP contribution is 2.37. The topological polar surface area (TPSA) is 91.8 Å². The monoisotopic (exact) mass is 458 g/mol. The largest absolute Gasteiger partial charge is 0.411 e. The normalized spacial score (nSPS) is 14.4. The molecule has 1 aliphatic rings. The Balaban J connectivity index is 1.45. The maximum absolute atomic E-state index is 12.7. The van der Waals surface area contributed by atoms with Crippen LogP contribution in [0.1, 0.15) is 42.2 Å². The van der Waals surface area contributed by atoms with Gasteiger partial charge in [0, 0.05) is 15.5 Å². The van der Waals surface area contributed by atoms with E-state index in [1.165, 1.54) is 34.4 Å². The molecule has 1 aliphatic carbocycles. The predicted molar refractivity (Wildman–Crippen MR) is 119 cm³/mol. The number of nitrogens with one attached hydrogen (secondary N) is 1. The van der Waals surface area contributed by atoms with Gasteiger partial charge in [0.1, 0.15) is 11.1 Å². The van der Waals surface area contributed by atoms with Crippen LogP contribution < -0.4 is 5.32 Å². The van der Waals surface area contributed by atoms with Gasteiger partial charge in [-0.15, -0.1) is 21.5 Å². The van der Waals surface area contributed by atoms with E-state index in [9.17, 15) is 10.1 Å². The highest BCUT2D eigenvalue weighted by atomic mass is 35.5. The molecule has 154 valence electrons. The Morgan fingerprint density at radius 2 is 2.17 bits per heavy atom. The SMILES string of the molecule is C[C@@H](Sc1nnc(-c2cccc(Cl)c2)o1)C(=O)Nc1sc2c(c1C#N)CCCCC2. The lowest BCUT2D eigenvalue weighted by molar-refractivity contribution is -0.115. The van der Waals surface area contributed by atoms with Crippen LogP contribution in [0.15, 0.2) is 33.9 Å². The van der Waals surface area contributed by atoms with E-state index < -0.39 is 5.25 Å². The van der Waals surface area contributed by atoms with E-state index in [0.717, 1.165) is 36.8 Å². The predicted octanol–water partition coefficient (Wildman–Crippen LogP) is 5.71. The second-order valence-corrected chi connectivity index (χ2v) is 9.85. The van der Waals surface area contributed by atoms with E-state index in [0.29, 0.717) is 26.7 Å². The fourth-order valence-electron chi connectivity index (χ4n) is 3.36. The lowest BCUT2D eigenvalue weighted by atomic mass is 10.1. The number of thioether (sulfide) groups is 1. The number of benzene rings is 1. The molecule has 1 N–H and O–H groups in total. The average Bonchev–Trinajstić information content (AvgIpc) is 3.25. The molecule has 2 aromatic heterocycles. The summed E-state index contributed by atoms with van der Waals surface area (Å²) in [4.78, 5) is 14.0. The van der Waals surface area contributed by atoms with Crippen molar-refractivity contribution in [3.8, 4) is 17.5 Å². The minimum atomic E-state index is -0.467. The smallest absolute Gasteiger partial charge is 0.277 e. The van der Waals surface area contributed by atoms with Crippen LogP contribution >= 0.6 is 34.7 Å². The molecule has 6 nitrogen and oxygen atoms in total. The van der Waals surface area contributed by atoms with Gasteiger partial charge in [-0.1, -0.05) is 35.9 Å². The van der Waals surface area contributed by atoms with Crippen molar-refractivity contribution in [1.82, 2.24) is 10.2 Å². The van der Waals surface area contributed by atoms with Crippen molar-refractivity contribution < 1.29 is 9.21 Å². The molecule has 0 unspecified atom stereocenters.